The molecule has 0 spiro atoms. The van der Waals surface area contributed by atoms with E-state index in [1.165, 1.54) is 6.92 Å². The standard InChI is InChI=1S/C39H74N2O11/c1-15-28-38(12,46)32(43)25(7)40-20-21(3)18-37(11,45)33(52-35-30(42)27(41(13)14)17-22(4)48-35)23(5)31(24(6)34(44)50-28)51-29-19-36(9,10)39(47,16-2)26(8)49-29/h21-33,35,40,42-43,45-47H,15-20H2,1-14H3/t21-,22-,23+,24-,25-,26+,27+,28-,29+,30-,31+,32-,33-,35+,37-,38-,39+/m1/s1. The first-order chi connectivity index (χ1) is 23.8. The maximum absolute atomic E-state index is 14.2. The van der Waals surface area contributed by atoms with Gasteiger partial charge >= 0.3 is 5.97 Å². The van der Waals surface area contributed by atoms with E-state index in [-0.39, 0.29) is 30.9 Å². The number of carbonyl (C=O) groups excluding carboxylic acids is 1. The van der Waals surface area contributed by atoms with Gasteiger partial charge in [-0.2, -0.15) is 0 Å². The minimum atomic E-state index is -1.79. The number of aliphatic hydroxyl groups is 5. The molecule has 0 aromatic heterocycles. The number of hydrogen-bond donors (Lipinski definition) is 6. The SMILES string of the molecule is CC[C@H]1OC(=O)[C@H](C)[C@@H](O[C@H]2CC(C)(C)[C@](O)(CC)[C@H](C)O2)[C@H](C)[C@@H](O[C@@H]2O[C@H](C)C[C@H](N(C)C)[C@H]2O)[C@](C)(O)C[C@@H](C)CN[C@H](C)[C@@H](O)[C@]1(C)O. The Bertz CT molecular complexity index is 1150. The maximum Gasteiger partial charge on any atom is 0.311 e. The summed E-state index contributed by atoms with van der Waals surface area (Å²) in [5, 5.41) is 61.8. The highest BCUT2D eigenvalue weighted by Gasteiger charge is 2.55. The van der Waals surface area contributed by atoms with Gasteiger partial charge in [0.25, 0.3) is 0 Å². The Labute approximate surface area is 313 Å². The normalized spacial score (nSPS) is 48.8. The van der Waals surface area contributed by atoms with Gasteiger partial charge in [0.1, 0.15) is 23.9 Å². The number of nitrogens with zero attached hydrogens (tertiary/aromatic N) is 1. The zero-order chi connectivity index (χ0) is 39.7. The van der Waals surface area contributed by atoms with Gasteiger partial charge in [0, 0.05) is 29.8 Å². The van der Waals surface area contributed by atoms with Crippen LogP contribution in [0.25, 0.3) is 0 Å². The molecule has 17 atom stereocenters. The van der Waals surface area contributed by atoms with Crippen molar-refractivity contribution in [3.8, 4) is 0 Å². The molecule has 0 saturated carbocycles. The highest BCUT2D eigenvalue weighted by molar-refractivity contribution is 5.73. The largest absolute Gasteiger partial charge is 0.459 e. The number of esters is 1. The number of ether oxygens (including phenoxy) is 5. The summed E-state index contributed by atoms with van der Waals surface area (Å²) in [5.74, 6) is -2.50. The topological polar surface area (TPSA) is 180 Å². The number of nitrogens with one attached hydrogen (secondary N) is 1. The molecule has 3 heterocycles. The predicted molar refractivity (Wildman–Crippen MR) is 197 cm³/mol. The van der Waals surface area contributed by atoms with Crippen LogP contribution >= 0.6 is 0 Å². The molecule has 0 bridgehead atoms. The molecule has 3 aliphatic heterocycles. The molecule has 0 amide bonds. The van der Waals surface area contributed by atoms with Gasteiger partial charge < -0.3 is 59.4 Å². The summed E-state index contributed by atoms with van der Waals surface area (Å²) in [4.78, 5) is 16.1. The quantitative estimate of drug-likeness (QED) is 0.210. The second-order valence-electron chi connectivity index (χ2n) is 17.8. The van der Waals surface area contributed by atoms with E-state index in [2.05, 4.69) is 5.32 Å². The van der Waals surface area contributed by atoms with E-state index in [1.54, 1.807) is 27.7 Å². The summed E-state index contributed by atoms with van der Waals surface area (Å²) in [6.45, 7) is 22.2. The molecule has 13 nitrogen and oxygen atoms in total. The van der Waals surface area contributed by atoms with Gasteiger partial charge in [0.15, 0.2) is 12.6 Å². The van der Waals surface area contributed by atoms with Gasteiger partial charge in [-0.1, -0.05) is 41.5 Å². The van der Waals surface area contributed by atoms with Crippen molar-refractivity contribution in [2.24, 2.45) is 23.2 Å². The molecule has 3 rings (SSSR count). The van der Waals surface area contributed by atoms with Crippen LogP contribution < -0.4 is 5.32 Å². The number of likely N-dealkylation sites (N-methyl/N-ethyl adjacent to an activating group) is 1. The molecule has 6 N–H and O–H groups in total. The fourth-order valence-corrected chi connectivity index (χ4v) is 9.15. The molecule has 306 valence electrons. The van der Waals surface area contributed by atoms with E-state index in [4.69, 9.17) is 23.7 Å². The van der Waals surface area contributed by atoms with Gasteiger partial charge in [0.2, 0.25) is 0 Å². The average molecular weight is 747 g/mol. The van der Waals surface area contributed by atoms with Crippen LogP contribution in [0, 0.1) is 23.2 Å². The van der Waals surface area contributed by atoms with Crippen LogP contribution in [0.1, 0.15) is 115 Å². The van der Waals surface area contributed by atoms with E-state index in [9.17, 15) is 30.3 Å². The Hall–Kier alpha value is -0.970. The third-order valence-corrected chi connectivity index (χ3v) is 12.7. The van der Waals surface area contributed by atoms with Gasteiger partial charge in [0.05, 0.1) is 41.5 Å². The molecular weight excluding hydrogens is 672 g/mol. The van der Waals surface area contributed by atoms with Crippen LogP contribution in [0.3, 0.4) is 0 Å². The van der Waals surface area contributed by atoms with E-state index in [0.717, 1.165) is 0 Å². The molecule has 3 fully saturated rings. The van der Waals surface area contributed by atoms with Crippen LogP contribution in [-0.4, -0.2) is 141 Å². The van der Waals surface area contributed by atoms with Crippen molar-refractivity contribution in [3.05, 3.63) is 0 Å². The predicted octanol–water partition coefficient (Wildman–Crippen LogP) is 2.96. The lowest BCUT2D eigenvalue weighted by molar-refractivity contribution is -0.323. The van der Waals surface area contributed by atoms with Gasteiger partial charge in [-0.3, -0.25) is 4.79 Å². The summed E-state index contributed by atoms with van der Waals surface area (Å²) in [5.41, 5.74) is -5.05. The number of carbonyl (C=O) groups is 1. The Kier molecular flexibility index (Phi) is 15.2. The first-order valence-corrected chi connectivity index (χ1v) is 19.6. The molecule has 0 aromatic rings. The first-order valence-electron chi connectivity index (χ1n) is 19.6. The van der Waals surface area contributed by atoms with E-state index >= 15 is 0 Å². The first kappa shape index (κ1) is 45.4. The molecule has 0 unspecified atom stereocenters. The van der Waals surface area contributed by atoms with Crippen molar-refractivity contribution >= 4 is 5.97 Å². The van der Waals surface area contributed by atoms with Crippen molar-refractivity contribution in [2.45, 2.75) is 199 Å². The summed E-state index contributed by atoms with van der Waals surface area (Å²) < 4.78 is 32.1. The third-order valence-electron chi connectivity index (χ3n) is 12.7. The Morgan fingerprint density at radius 2 is 1.54 bits per heavy atom. The molecule has 0 radical (unpaired) electrons. The number of hydrogen-bond acceptors (Lipinski definition) is 13. The summed E-state index contributed by atoms with van der Waals surface area (Å²) >= 11 is 0. The monoisotopic (exact) mass is 747 g/mol. The lowest BCUT2D eigenvalue weighted by atomic mass is 9.66. The van der Waals surface area contributed by atoms with E-state index in [0.29, 0.717) is 25.8 Å². The average Bonchev–Trinajstić information content (AvgIpc) is 3.05. The minimum Gasteiger partial charge on any atom is -0.459 e. The molecule has 13 heteroatoms. The van der Waals surface area contributed by atoms with Crippen molar-refractivity contribution < 1.29 is 54.0 Å². The number of aliphatic hydroxyl groups excluding tert-OH is 2. The van der Waals surface area contributed by atoms with Gasteiger partial charge in [-0.15, -0.1) is 0 Å². The zero-order valence-electron chi connectivity index (χ0n) is 34.5. The second kappa shape index (κ2) is 17.4. The Balaban J connectivity index is 2.16. The third kappa shape index (κ3) is 9.69. The van der Waals surface area contributed by atoms with Crippen LogP contribution in [0.5, 0.6) is 0 Å². The smallest absolute Gasteiger partial charge is 0.311 e. The Morgan fingerprint density at radius 3 is 2.08 bits per heavy atom. The highest BCUT2D eigenvalue weighted by Crippen LogP contribution is 2.47. The van der Waals surface area contributed by atoms with Crippen LogP contribution in [0.4, 0.5) is 0 Å². The van der Waals surface area contributed by atoms with E-state index < -0.39 is 95.3 Å². The van der Waals surface area contributed by atoms with Crippen LogP contribution in [0.15, 0.2) is 0 Å². The van der Waals surface area contributed by atoms with E-state index in [1.807, 2.05) is 67.5 Å². The highest BCUT2D eigenvalue weighted by atomic mass is 16.7. The van der Waals surface area contributed by atoms with Gasteiger partial charge in [-0.05, 0) is 93.8 Å². The molecule has 52 heavy (non-hydrogen) atoms. The Morgan fingerprint density at radius 1 is 0.923 bits per heavy atom. The summed E-state index contributed by atoms with van der Waals surface area (Å²) in [6, 6.07) is -0.839. The lowest BCUT2D eigenvalue weighted by Crippen LogP contribution is -2.61. The number of rotatable bonds is 7. The van der Waals surface area contributed by atoms with Crippen molar-refractivity contribution in [1.82, 2.24) is 10.2 Å². The number of cyclic esters (lactones) is 1. The molecule has 3 saturated heterocycles. The maximum atomic E-state index is 14.2. The van der Waals surface area contributed by atoms with Crippen molar-refractivity contribution in [2.75, 3.05) is 20.6 Å². The van der Waals surface area contributed by atoms with Crippen LogP contribution in [0.2, 0.25) is 0 Å². The van der Waals surface area contributed by atoms with Crippen molar-refractivity contribution in [1.29, 1.82) is 0 Å². The summed E-state index contributed by atoms with van der Waals surface area (Å²) in [6.07, 6.45) is -6.26. The lowest BCUT2D eigenvalue weighted by Gasteiger charge is -2.53. The molecule has 0 aromatic carbocycles. The van der Waals surface area contributed by atoms with Crippen LogP contribution in [-0.2, 0) is 28.5 Å². The molecular formula is C39H74N2O11. The molecule has 3 aliphatic rings. The second-order valence-corrected chi connectivity index (χ2v) is 17.8. The fraction of sp³-hybridized carbons (Fsp3) is 0.974. The zero-order valence-corrected chi connectivity index (χ0v) is 34.5. The van der Waals surface area contributed by atoms with Gasteiger partial charge in [-0.25, -0.2) is 0 Å². The fourth-order valence-electron chi connectivity index (χ4n) is 9.15. The minimum absolute atomic E-state index is 0.143. The molecule has 0 aliphatic carbocycles. The summed E-state index contributed by atoms with van der Waals surface area (Å²) in [7, 11) is 3.78. The van der Waals surface area contributed by atoms with Crippen molar-refractivity contribution in [3.63, 3.8) is 0 Å².